The summed E-state index contributed by atoms with van der Waals surface area (Å²) in [4.78, 5) is 10.9. The molecule has 2 aromatic carbocycles. The molecule has 0 spiro atoms. The highest BCUT2D eigenvalue weighted by Crippen LogP contribution is 2.31. The Morgan fingerprint density at radius 3 is 2.08 bits per heavy atom. The minimum Gasteiger partial charge on any atom is -0.507 e. The van der Waals surface area contributed by atoms with Crippen LogP contribution >= 0.6 is 0 Å². The number of ether oxygens (including phenoxy) is 2. The molecule has 0 aliphatic rings. The smallest absolute Gasteiger partial charge is 0.339 e. The molecule has 0 fully saturated rings. The van der Waals surface area contributed by atoms with Gasteiger partial charge in [-0.05, 0) is 36.8 Å². The molecule has 0 amide bonds. The van der Waals surface area contributed by atoms with Crippen LogP contribution in [0.25, 0.3) is 0 Å². The number of rotatable bonds is 6. The highest BCUT2D eigenvalue weighted by Gasteiger charge is 2.13. The molecule has 0 heterocycles. The molecule has 3 N–H and O–H groups in total. The number of anilines is 1. The van der Waals surface area contributed by atoms with Crippen molar-refractivity contribution in [2.24, 2.45) is 0 Å². The molecule has 2 aromatic rings. The van der Waals surface area contributed by atoms with E-state index in [-0.39, 0.29) is 11.3 Å². The Morgan fingerprint density at radius 2 is 1.64 bits per heavy atom. The van der Waals surface area contributed by atoms with Gasteiger partial charge < -0.3 is 25.0 Å². The molecule has 6 nitrogen and oxygen atoms in total. The summed E-state index contributed by atoms with van der Waals surface area (Å²) in [6.07, 6.45) is 0. The number of carboxylic acids is 1. The Balaban J connectivity index is 0.00000151. The number of carboxylic acid groups (broad SMARTS) is 1. The number of carbonyl (C=O) groups is 1. The molecular formula is C19H25NO5. The van der Waals surface area contributed by atoms with Crippen LogP contribution in [0.3, 0.4) is 0 Å². The zero-order chi connectivity index (χ0) is 19.0. The maximum Gasteiger partial charge on any atom is 0.339 e. The number of phenols is 1. The Labute approximate surface area is 148 Å². The zero-order valence-corrected chi connectivity index (χ0v) is 15.2. The summed E-state index contributed by atoms with van der Waals surface area (Å²) in [5, 5.41) is 21.8. The van der Waals surface area contributed by atoms with E-state index in [0.29, 0.717) is 23.7 Å². The van der Waals surface area contributed by atoms with Crippen LogP contribution in [0, 0.1) is 6.92 Å². The van der Waals surface area contributed by atoms with Gasteiger partial charge >= 0.3 is 5.97 Å². The number of nitrogens with one attached hydrogen (secondary N) is 1. The number of benzene rings is 2. The first-order valence-corrected chi connectivity index (χ1v) is 7.98. The van der Waals surface area contributed by atoms with Crippen LogP contribution in [0.15, 0.2) is 30.3 Å². The first-order chi connectivity index (χ1) is 12.0. The van der Waals surface area contributed by atoms with E-state index in [1.165, 1.54) is 12.1 Å². The topological polar surface area (TPSA) is 88.0 Å². The fourth-order valence-electron chi connectivity index (χ4n) is 2.30. The van der Waals surface area contributed by atoms with Crippen molar-refractivity contribution < 1.29 is 24.5 Å². The molecule has 6 heteroatoms. The van der Waals surface area contributed by atoms with E-state index < -0.39 is 5.97 Å². The largest absolute Gasteiger partial charge is 0.507 e. The summed E-state index contributed by atoms with van der Waals surface area (Å²) in [6, 6.07) is 8.13. The molecule has 0 bridgehead atoms. The van der Waals surface area contributed by atoms with Crippen molar-refractivity contribution in [2.75, 3.05) is 19.5 Å². The monoisotopic (exact) mass is 347 g/mol. The Kier molecular flexibility index (Phi) is 7.59. The van der Waals surface area contributed by atoms with E-state index in [4.69, 9.17) is 14.6 Å². The van der Waals surface area contributed by atoms with Crippen molar-refractivity contribution in [3.05, 3.63) is 47.0 Å². The third-order valence-corrected chi connectivity index (χ3v) is 3.45. The highest BCUT2D eigenvalue weighted by atomic mass is 16.5. The quantitative estimate of drug-likeness (QED) is 0.730. The van der Waals surface area contributed by atoms with E-state index in [1.807, 2.05) is 32.9 Å². The van der Waals surface area contributed by atoms with E-state index in [1.54, 1.807) is 20.3 Å². The lowest BCUT2D eigenvalue weighted by Crippen LogP contribution is -2.05. The van der Waals surface area contributed by atoms with E-state index in [0.717, 1.165) is 11.1 Å². The fourth-order valence-corrected chi connectivity index (χ4v) is 2.30. The summed E-state index contributed by atoms with van der Waals surface area (Å²) in [5.41, 5.74) is 2.31. The molecule has 0 unspecified atom stereocenters. The van der Waals surface area contributed by atoms with E-state index in [2.05, 4.69) is 5.32 Å². The van der Waals surface area contributed by atoms with Gasteiger partial charge in [0.1, 0.15) is 22.8 Å². The van der Waals surface area contributed by atoms with Gasteiger partial charge in [0.2, 0.25) is 0 Å². The first kappa shape index (κ1) is 20.2. The molecule has 0 saturated carbocycles. The second kappa shape index (κ2) is 9.42. The van der Waals surface area contributed by atoms with Gasteiger partial charge in [0, 0.05) is 18.3 Å². The lowest BCUT2D eigenvalue weighted by atomic mass is 10.1. The van der Waals surface area contributed by atoms with E-state index in [9.17, 15) is 9.90 Å². The lowest BCUT2D eigenvalue weighted by Gasteiger charge is -2.16. The van der Waals surface area contributed by atoms with Crippen LogP contribution < -0.4 is 14.8 Å². The van der Waals surface area contributed by atoms with Crippen LogP contribution in [0.2, 0.25) is 0 Å². The third kappa shape index (κ3) is 5.04. The van der Waals surface area contributed by atoms with Gasteiger partial charge in [0.25, 0.3) is 0 Å². The molecule has 136 valence electrons. The van der Waals surface area contributed by atoms with Crippen molar-refractivity contribution in [1.29, 1.82) is 0 Å². The molecule has 25 heavy (non-hydrogen) atoms. The first-order valence-electron chi connectivity index (χ1n) is 7.98. The molecule has 0 aliphatic carbocycles. The zero-order valence-electron chi connectivity index (χ0n) is 15.2. The van der Waals surface area contributed by atoms with Gasteiger partial charge in [0.15, 0.2) is 0 Å². The summed E-state index contributed by atoms with van der Waals surface area (Å²) >= 11 is 0. The Bertz CT molecular complexity index is 703. The van der Waals surface area contributed by atoms with Gasteiger partial charge in [-0.25, -0.2) is 4.79 Å². The molecule has 0 atom stereocenters. The van der Waals surface area contributed by atoms with Crippen molar-refractivity contribution >= 4 is 11.7 Å². The predicted octanol–water partition coefficient (Wildman–Crippen LogP) is 4.05. The molecular weight excluding hydrogens is 322 g/mol. The van der Waals surface area contributed by atoms with Crippen molar-refractivity contribution in [3.63, 3.8) is 0 Å². The number of methoxy groups -OCH3 is 2. The number of hydrogen-bond donors (Lipinski definition) is 3. The van der Waals surface area contributed by atoms with Gasteiger partial charge in [-0.15, -0.1) is 0 Å². The van der Waals surface area contributed by atoms with E-state index >= 15 is 0 Å². The van der Waals surface area contributed by atoms with Crippen LogP contribution in [0.1, 0.15) is 35.3 Å². The maximum atomic E-state index is 10.9. The van der Waals surface area contributed by atoms with Crippen LogP contribution in [-0.2, 0) is 6.54 Å². The third-order valence-electron chi connectivity index (χ3n) is 3.45. The fraction of sp³-hybridized carbons (Fsp3) is 0.316. The molecule has 0 aliphatic heterocycles. The summed E-state index contributed by atoms with van der Waals surface area (Å²) in [7, 11) is 3.18. The van der Waals surface area contributed by atoms with Crippen molar-refractivity contribution in [1.82, 2.24) is 0 Å². The standard InChI is InChI=1S/C17H19NO5.C2H6/c1-10-6-15(22-2)13(16(7-10)23-3)9-18-11-4-5-12(17(20)21)14(19)8-11;1-2/h4-8,18-19H,9H2,1-3H3,(H,20,21);1-2H3. The second-order valence-electron chi connectivity index (χ2n) is 5.04. The molecule has 0 radical (unpaired) electrons. The average Bonchev–Trinajstić information content (AvgIpc) is 2.61. The van der Waals surface area contributed by atoms with Gasteiger partial charge in [0.05, 0.1) is 19.8 Å². The number of aryl methyl sites for hydroxylation is 1. The summed E-state index contributed by atoms with van der Waals surface area (Å²) in [6.45, 7) is 6.35. The lowest BCUT2D eigenvalue weighted by molar-refractivity contribution is 0.0694. The number of hydrogen-bond acceptors (Lipinski definition) is 5. The van der Waals surface area contributed by atoms with Crippen molar-refractivity contribution in [3.8, 4) is 17.2 Å². The predicted molar refractivity (Wildman–Crippen MR) is 98.0 cm³/mol. The number of aromatic hydroxyl groups is 1. The minimum atomic E-state index is -1.17. The molecule has 0 aromatic heterocycles. The van der Waals surface area contributed by atoms with Gasteiger partial charge in [-0.2, -0.15) is 0 Å². The van der Waals surface area contributed by atoms with Crippen LogP contribution in [0.5, 0.6) is 17.2 Å². The number of aromatic carboxylic acids is 1. The SMILES string of the molecule is CC.COc1cc(C)cc(OC)c1CNc1ccc(C(=O)O)c(O)c1. The Morgan fingerprint density at radius 1 is 1.08 bits per heavy atom. The van der Waals surface area contributed by atoms with Gasteiger partial charge in [-0.1, -0.05) is 13.8 Å². The Hall–Kier alpha value is -2.89. The minimum absolute atomic E-state index is 0.138. The molecule has 2 rings (SSSR count). The summed E-state index contributed by atoms with van der Waals surface area (Å²) in [5.74, 6) is -0.0669. The van der Waals surface area contributed by atoms with Gasteiger partial charge in [-0.3, -0.25) is 0 Å². The van der Waals surface area contributed by atoms with Crippen molar-refractivity contribution in [2.45, 2.75) is 27.3 Å². The summed E-state index contributed by atoms with van der Waals surface area (Å²) < 4.78 is 10.8. The average molecular weight is 347 g/mol. The normalized spacial score (nSPS) is 9.64. The van der Waals surface area contributed by atoms with Crippen LogP contribution in [-0.4, -0.2) is 30.4 Å². The second-order valence-corrected chi connectivity index (χ2v) is 5.04. The maximum absolute atomic E-state index is 10.9. The molecule has 0 saturated heterocycles. The van der Waals surface area contributed by atoms with Crippen LogP contribution in [0.4, 0.5) is 5.69 Å². The highest BCUT2D eigenvalue weighted by molar-refractivity contribution is 5.91.